The van der Waals surface area contributed by atoms with Crippen molar-refractivity contribution < 1.29 is 13.6 Å². The van der Waals surface area contributed by atoms with Gasteiger partial charge in [0.2, 0.25) is 0 Å². The molecule has 0 aliphatic heterocycles. The third kappa shape index (κ3) is 4.56. The van der Waals surface area contributed by atoms with E-state index in [1.165, 1.54) is 0 Å². The van der Waals surface area contributed by atoms with Gasteiger partial charge in [-0.25, -0.2) is 4.98 Å². The van der Waals surface area contributed by atoms with E-state index < -0.39 is 6.85 Å². The molecule has 0 aliphatic carbocycles. The van der Waals surface area contributed by atoms with E-state index in [0.29, 0.717) is 17.0 Å². The van der Waals surface area contributed by atoms with E-state index in [4.69, 9.17) is 18.5 Å². The Morgan fingerprint density at radius 3 is 2.29 bits per heavy atom. The van der Waals surface area contributed by atoms with E-state index >= 15 is 0 Å². The number of aromatic hydroxyl groups is 1. The summed E-state index contributed by atoms with van der Waals surface area (Å²) in [5.41, 5.74) is 10.3. The Hall–Kier alpha value is -6.46. The summed E-state index contributed by atoms with van der Waals surface area (Å²) in [6.07, 6.45) is 1.77. The highest BCUT2D eigenvalue weighted by Gasteiger charge is 2.22. The summed E-state index contributed by atoms with van der Waals surface area (Å²) in [5, 5.41) is 13.0. The van der Waals surface area contributed by atoms with Crippen molar-refractivity contribution in [3.05, 3.63) is 157 Å². The van der Waals surface area contributed by atoms with E-state index in [9.17, 15) is 5.11 Å². The lowest BCUT2D eigenvalue weighted by Crippen LogP contribution is -1.97. The molecule has 9 rings (SSSR count). The number of furan rings is 1. The summed E-state index contributed by atoms with van der Waals surface area (Å²) in [5.74, 6) is 0.779. The number of benzene rings is 6. The number of pyridine rings is 1. The Morgan fingerprint density at radius 1 is 0.646 bits per heavy atom. The summed E-state index contributed by atoms with van der Waals surface area (Å²) in [7, 11) is 0. The van der Waals surface area contributed by atoms with Crippen molar-refractivity contribution in [1.29, 1.82) is 0 Å². The summed E-state index contributed by atoms with van der Waals surface area (Å²) in [6, 6.07) is 46.6. The SMILES string of the molecule is [2H]C([2H])([2H])c1ccc(-c2ccnc(-c3cc(-c4cccc5c4nc(-c4ccccc4O)n5-c4ccccc4)c4c(c3)oc3ccccc34)c2)cc1. The maximum atomic E-state index is 11.0. The van der Waals surface area contributed by atoms with Gasteiger partial charge in [0, 0.05) is 37.9 Å². The number of hydrogen-bond donors (Lipinski definition) is 1. The van der Waals surface area contributed by atoms with E-state index in [1.807, 2.05) is 97.1 Å². The first-order chi connectivity index (χ1) is 24.8. The highest BCUT2D eigenvalue weighted by atomic mass is 16.3. The standard InChI is InChI=1S/C43H29N3O2/c1-27-18-20-28(21-19-27)29-22-23-44-36(25-29)30-24-35(41-34-13-6-8-17-39(34)48-40(41)26-30)32-14-9-15-37-42(32)45-43(33-12-5-7-16-38(33)47)46(37)31-10-3-2-4-11-31/h2-26,47H,1H3/i1D3. The molecule has 0 spiro atoms. The Bertz CT molecular complexity index is 2750. The molecule has 0 atom stereocenters. The summed E-state index contributed by atoms with van der Waals surface area (Å²) in [6.45, 7) is -2.16. The first-order valence-corrected chi connectivity index (χ1v) is 15.7. The number of imidazole rings is 1. The van der Waals surface area contributed by atoms with Gasteiger partial charge in [0.25, 0.3) is 0 Å². The fraction of sp³-hybridized carbons (Fsp3) is 0.0233. The van der Waals surface area contributed by atoms with Crippen LogP contribution in [0.25, 0.3) is 83.6 Å². The highest BCUT2D eigenvalue weighted by molar-refractivity contribution is 6.16. The van der Waals surface area contributed by atoms with E-state index in [0.717, 1.165) is 72.2 Å². The third-order valence-corrected chi connectivity index (χ3v) is 8.89. The van der Waals surface area contributed by atoms with Crippen molar-refractivity contribution in [3.63, 3.8) is 0 Å². The van der Waals surface area contributed by atoms with Gasteiger partial charge in [0.05, 0.1) is 22.3 Å². The molecular weight excluding hydrogens is 590 g/mol. The van der Waals surface area contributed by atoms with Crippen molar-refractivity contribution >= 4 is 33.0 Å². The Morgan fingerprint density at radius 2 is 1.44 bits per heavy atom. The first-order valence-electron chi connectivity index (χ1n) is 17.2. The Balaban J connectivity index is 1.29. The maximum absolute atomic E-state index is 11.0. The van der Waals surface area contributed by atoms with Crippen LogP contribution in [0.2, 0.25) is 0 Å². The maximum Gasteiger partial charge on any atom is 0.149 e. The number of phenolic OH excluding ortho intramolecular Hbond substituents is 1. The van der Waals surface area contributed by atoms with Crippen molar-refractivity contribution in [2.75, 3.05) is 0 Å². The average Bonchev–Trinajstić information content (AvgIpc) is 3.74. The number of phenols is 1. The molecule has 0 fully saturated rings. The number of aryl methyl sites for hydroxylation is 1. The zero-order valence-corrected chi connectivity index (χ0v) is 25.6. The van der Waals surface area contributed by atoms with Crippen LogP contribution in [0.5, 0.6) is 5.75 Å². The van der Waals surface area contributed by atoms with Gasteiger partial charge in [-0.1, -0.05) is 90.5 Å². The monoisotopic (exact) mass is 622 g/mol. The molecule has 5 nitrogen and oxygen atoms in total. The summed E-state index contributed by atoms with van der Waals surface area (Å²) < 4.78 is 31.8. The van der Waals surface area contributed by atoms with Crippen LogP contribution in [0, 0.1) is 6.85 Å². The van der Waals surface area contributed by atoms with Gasteiger partial charge in [-0.3, -0.25) is 9.55 Å². The lowest BCUT2D eigenvalue weighted by Gasteiger charge is -2.11. The molecule has 9 aromatic rings. The van der Waals surface area contributed by atoms with Gasteiger partial charge in [-0.05, 0) is 84.2 Å². The van der Waals surface area contributed by atoms with Gasteiger partial charge >= 0.3 is 0 Å². The van der Waals surface area contributed by atoms with Crippen LogP contribution in [0.1, 0.15) is 9.68 Å². The zero-order chi connectivity index (χ0) is 34.7. The second-order valence-electron chi connectivity index (χ2n) is 11.8. The van der Waals surface area contributed by atoms with Gasteiger partial charge in [-0.15, -0.1) is 0 Å². The minimum absolute atomic E-state index is 0.149. The minimum atomic E-state index is -2.16. The molecule has 0 radical (unpaired) electrons. The predicted octanol–water partition coefficient (Wildman–Crippen LogP) is 11.0. The number of para-hydroxylation sites is 4. The molecule has 0 saturated carbocycles. The number of hydrogen-bond acceptors (Lipinski definition) is 4. The molecule has 3 aromatic heterocycles. The number of aromatic nitrogens is 3. The van der Waals surface area contributed by atoms with Gasteiger partial charge in [-0.2, -0.15) is 0 Å². The quantitative estimate of drug-likeness (QED) is 0.207. The average molecular weight is 623 g/mol. The molecule has 3 heterocycles. The number of nitrogens with zero attached hydrogens (tertiary/aromatic N) is 3. The van der Waals surface area contributed by atoms with Crippen molar-refractivity contribution in [2.24, 2.45) is 0 Å². The van der Waals surface area contributed by atoms with E-state index in [-0.39, 0.29) is 5.75 Å². The van der Waals surface area contributed by atoms with Crippen molar-refractivity contribution in [1.82, 2.24) is 14.5 Å². The number of rotatable bonds is 5. The largest absolute Gasteiger partial charge is 0.507 e. The molecule has 0 saturated heterocycles. The molecular formula is C43H29N3O2. The third-order valence-electron chi connectivity index (χ3n) is 8.89. The molecule has 1 N–H and O–H groups in total. The lowest BCUT2D eigenvalue weighted by atomic mass is 9.94. The second-order valence-corrected chi connectivity index (χ2v) is 11.8. The molecule has 228 valence electrons. The molecule has 0 unspecified atom stereocenters. The van der Waals surface area contributed by atoms with Crippen LogP contribution in [-0.4, -0.2) is 19.6 Å². The topological polar surface area (TPSA) is 64.1 Å². The van der Waals surface area contributed by atoms with E-state index in [2.05, 4.69) is 28.8 Å². The van der Waals surface area contributed by atoms with Crippen LogP contribution in [-0.2, 0) is 0 Å². The molecule has 0 amide bonds. The number of fused-ring (bicyclic) bond motifs is 4. The summed E-state index contributed by atoms with van der Waals surface area (Å²) >= 11 is 0. The molecule has 6 aromatic carbocycles. The predicted molar refractivity (Wildman–Crippen MR) is 194 cm³/mol. The summed E-state index contributed by atoms with van der Waals surface area (Å²) in [4.78, 5) is 10.0. The van der Waals surface area contributed by atoms with Crippen molar-refractivity contribution in [3.8, 4) is 56.3 Å². The highest BCUT2D eigenvalue weighted by Crippen LogP contribution is 2.43. The molecule has 48 heavy (non-hydrogen) atoms. The normalized spacial score (nSPS) is 12.7. The Kier molecular flexibility index (Phi) is 5.72. The van der Waals surface area contributed by atoms with Crippen LogP contribution in [0.4, 0.5) is 0 Å². The van der Waals surface area contributed by atoms with Crippen LogP contribution in [0.3, 0.4) is 0 Å². The van der Waals surface area contributed by atoms with E-state index in [1.54, 1.807) is 30.5 Å². The Labute approximate surface area is 281 Å². The molecule has 5 heteroatoms. The fourth-order valence-corrected chi connectivity index (χ4v) is 6.64. The minimum Gasteiger partial charge on any atom is -0.507 e. The van der Waals surface area contributed by atoms with Crippen LogP contribution < -0.4 is 0 Å². The van der Waals surface area contributed by atoms with Crippen molar-refractivity contribution in [2.45, 2.75) is 6.85 Å². The van der Waals surface area contributed by atoms with Crippen LogP contribution in [0.15, 0.2) is 156 Å². The molecule has 0 aliphatic rings. The van der Waals surface area contributed by atoms with Crippen LogP contribution >= 0.6 is 0 Å². The smallest absolute Gasteiger partial charge is 0.149 e. The first kappa shape index (κ1) is 24.7. The second kappa shape index (κ2) is 11.1. The lowest BCUT2D eigenvalue weighted by molar-refractivity contribution is 0.477. The van der Waals surface area contributed by atoms with Gasteiger partial charge in [0.15, 0.2) is 0 Å². The van der Waals surface area contributed by atoms with Gasteiger partial charge < -0.3 is 9.52 Å². The fourth-order valence-electron chi connectivity index (χ4n) is 6.64. The van der Waals surface area contributed by atoms with Gasteiger partial charge in [0.1, 0.15) is 22.7 Å². The molecule has 0 bridgehead atoms. The zero-order valence-electron chi connectivity index (χ0n) is 28.6.